The Labute approximate surface area is 121 Å². The molecule has 0 aliphatic heterocycles. The third-order valence-corrected chi connectivity index (χ3v) is 4.23. The van der Waals surface area contributed by atoms with Gasteiger partial charge < -0.3 is 5.48 Å². The second kappa shape index (κ2) is 8.92. The van der Waals surface area contributed by atoms with E-state index in [9.17, 15) is 0 Å². The lowest BCUT2D eigenvalue weighted by Crippen LogP contribution is -2.30. The van der Waals surface area contributed by atoms with E-state index >= 15 is 0 Å². The number of nitrogens with zero attached hydrogens (tertiary/aromatic N) is 1. The Hall–Kier alpha value is -1.08. The summed E-state index contributed by atoms with van der Waals surface area (Å²) in [4.78, 5) is 2.45. The van der Waals surface area contributed by atoms with Crippen LogP contribution < -0.4 is 0 Å². The van der Waals surface area contributed by atoms with E-state index in [1.807, 2.05) is 0 Å². The van der Waals surface area contributed by atoms with Crippen molar-refractivity contribution in [3.63, 3.8) is 0 Å². The maximum atomic E-state index is 5.50. The third-order valence-electron chi connectivity index (χ3n) is 3.44. The minimum atomic E-state index is 0. The van der Waals surface area contributed by atoms with Gasteiger partial charge in [-0.25, -0.2) is 0 Å². The molecule has 0 fully saturated rings. The molecule has 1 aliphatic rings. The number of thiophene rings is 1. The first-order valence-corrected chi connectivity index (χ1v) is 7.12. The van der Waals surface area contributed by atoms with Crippen LogP contribution >= 0.6 is 11.3 Å². The molecular weight excluding hydrogens is 254 g/mol. The van der Waals surface area contributed by atoms with Crippen LogP contribution in [0.2, 0.25) is 0 Å². The van der Waals surface area contributed by atoms with Gasteiger partial charge in [0, 0.05) is 23.5 Å². The summed E-state index contributed by atoms with van der Waals surface area (Å²) >= 11 is 1.70. The van der Waals surface area contributed by atoms with Gasteiger partial charge in [0.1, 0.15) is 0 Å². The van der Waals surface area contributed by atoms with Crippen LogP contribution in [0.3, 0.4) is 0 Å². The van der Waals surface area contributed by atoms with Crippen LogP contribution in [-0.4, -0.2) is 23.5 Å². The molecule has 0 atom stereocenters. The number of terminal acetylenes is 1. The van der Waals surface area contributed by atoms with Gasteiger partial charge in [0.15, 0.2) is 0 Å². The average Bonchev–Trinajstić information content (AvgIpc) is 2.62. The zero-order valence-electron chi connectivity index (χ0n) is 10.9. The lowest BCUT2D eigenvalue weighted by Gasteiger charge is -2.26. The van der Waals surface area contributed by atoms with Gasteiger partial charge in [-0.05, 0) is 43.7 Å². The fourth-order valence-electron chi connectivity index (χ4n) is 2.37. The number of allylic oxidation sites excluding steroid dienone is 2. The van der Waals surface area contributed by atoms with Gasteiger partial charge in [-0.2, -0.15) is 11.3 Å². The van der Waals surface area contributed by atoms with E-state index in [0.717, 1.165) is 12.1 Å². The lowest BCUT2D eigenvalue weighted by molar-refractivity contribution is 0.215. The Morgan fingerprint density at radius 2 is 1.95 bits per heavy atom. The maximum Gasteiger partial charge on any atom is 0.0394 e. The minimum Gasteiger partial charge on any atom is -0.412 e. The van der Waals surface area contributed by atoms with E-state index in [4.69, 9.17) is 6.42 Å². The number of rotatable bonds is 3. The topological polar surface area (TPSA) is 34.7 Å². The summed E-state index contributed by atoms with van der Waals surface area (Å²) in [6.45, 7) is 0.980. The molecule has 1 aromatic rings. The predicted molar refractivity (Wildman–Crippen MR) is 85.5 cm³/mol. The summed E-state index contributed by atoms with van der Waals surface area (Å²) in [5, 5.41) is 4.25. The van der Waals surface area contributed by atoms with Crippen molar-refractivity contribution < 1.29 is 5.48 Å². The quantitative estimate of drug-likeness (QED) is 0.616. The van der Waals surface area contributed by atoms with Gasteiger partial charge in [0.2, 0.25) is 0 Å². The van der Waals surface area contributed by atoms with E-state index in [2.05, 4.69) is 40.8 Å². The van der Waals surface area contributed by atoms with Gasteiger partial charge in [-0.1, -0.05) is 25.5 Å². The summed E-state index contributed by atoms with van der Waals surface area (Å²) in [5.41, 5.74) is 2.37. The molecule has 0 radical (unpaired) electrons. The van der Waals surface area contributed by atoms with Crippen LogP contribution in [0.1, 0.15) is 44.2 Å². The normalized spacial score (nSPS) is 15.2. The highest BCUT2D eigenvalue weighted by atomic mass is 32.1. The van der Waals surface area contributed by atoms with Crippen LogP contribution in [0.15, 0.2) is 22.9 Å². The minimum absolute atomic E-state index is 0. The smallest absolute Gasteiger partial charge is 0.0394 e. The van der Waals surface area contributed by atoms with Crippen molar-refractivity contribution in [3.8, 4) is 12.3 Å². The van der Waals surface area contributed by atoms with Crippen molar-refractivity contribution in [1.29, 1.82) is 0 Å². The van der Waals surface area contributed by atoms with Gasteiger partial charge in [-0.15, -0.1) is 6.42 Å². The molecule has 0 spiro atoms. The molecule has 0 saturated carbocycles. The summed E-state index contributed by atoms with van der Waals surface area (Å²) in [7, 11) is 2.22. The lowest BCUT2D eigenvalue weighted by atomic mass is 10.1. The SMILES string of the molecule is C.C#Cc1cscc1CN(C)C1CCC=CCC1.O. The fraction of sp³-hybridized carbons (Fsp3) is 0.500. The van der Waals surface area contributed by atoms with Crippen molar-refractivity contribution in [3.05, 3.63) is 34.0 Å². The van der Waals surface area contributed by atoms with E-state index in [-0.39, 0.29) is 12.9 Å². The van der Waals surface area contributed by atoms with Crippen LogP contribution in [-0.2, 0) is 6.54 Å². The molecule has 1 aliphatic carbocycles. The van der Waals surface area contributed by atoms with Crippen molar-refractivity contribution in [2.24, 2.45) is 0 Å². The molecule has 0 aromatic carbocycles. The molecule has 0 saturated heterocycles. The van der Waals surface area contributed by atoms with Crippen molar-refractivity contribution in [2.75, 3.05) is 7.05 Å². The first-order chi connectivity index (χ1) is 8.31. The standard InChI is InChI=1S/C15H19NS.CH4.H2O/c1-3-13-11-17-12-14(13)10-16(2)15-8-6-4-5-7-9-15;;/h1,4-5,11-12,15H,6-10H2,2H3;1H4;1H2. The highest BCUT2D eigenvalue weighted by Crippen LogP contribution is 2.21. The molecule has 106 valence electrons. The second-order valence-corrected chi connectivity index (χ2v) is 5.39. The summed E-state index contributed by atoms with van der Waals surface area (Å²) < 4.78 is 0. The predicted octanol–water partition coefficient (Wildman–Crippen LogP) is 3.47. The molecule has 3 heteroatoms. The summed E-state index contributed by atoms with van der Waals surface area (Å²) in [5.74, 6) is 2.77. The molecule has 1 aromatic heterocycles. The fourth-order valence-corrected chi connectivity index (χ4v) is 3.16. The third kappa shape index (κ3) is 4.83. The first-order valence-electron chi connectivity index (χ1n) is 6.18. The van der Waals surface area contributed by atoms with E-state index < -0.39 is 0 Å². The molecule has 2 rings (SSSR count). The molecule has 0 amide bonds. The van der Waals surface area contributed by atoms with Crippen molar-refractivity contribution in [1.82, 2.24) is 4.90 Å². The van der Waals surface area contributed by atoms with E-state index in [1.54, 1.807) is 11.3 Å². The molecule has 0 bridgehead atoms. The van der Waals surface area contributed by atoms with Crippen LogP contribution in [0.25, 0.3) is 0 Å². The Morgan fingerprint density at radius 1 is 1.32 bits per heavy atom. The summed E-state index contributed by atoms with van der Waals surface area (Å²) in [6, 6.07) is 0.690. The highest BCUT2D eigenvalue weighted by Gasteiger charge is 2.16. The Balaban J connectivity index is 0.00000162. The Morgan fingerprint density at radius 3 is 2.53 bits per heavy atom. The van der Waals surface area contributed by atoms with Crippen LogP contribution in [0.4, 0.5) is 0 Å². The van der Waals surface area contributed by atoms with Gasteiger partial charge in [0.05, 0.1) is 0 Å². The largest absolute Gasteiger partial charge is 0.412 e. The average molecular weight is 279 g/mol. The van der Waals surface area contributed by atoms with Crippen molar-refractivity contribution >= 4 is 11.3 Å². The zero-order valence-corrected chi connectivity index (χ0v) is 11.7. The summed E-state index contributed by atoms with van der Waals surface area (Å²) in [6.07, 6.45) is 15.1. The van der Waals surface area contributed by atoms with Crippen molar-refractivity contribution in [2.45, 2.75) is 45.7 Å². The number of hydrogen-bond donors (Lipinski definition) is 0. The van der Waals surface area contributed by atoms with Gasteiger partial charge in [-0.3, -0.25) is 4.90 Å². The van der Waals surface area contributed by atoms with Crippen LogP contribution in [0, 0.1) is 12.3 Å². The monoisotopic (exact) mass is 279 g/mol. The molecule has 19 heavy (non-hydrogen) atoms. The molecule has 2 N–H and O–H groups in total. The van der Waals surface area contributed by atoms with Crippen LogP contribution in [0.5, 0.6) is 0 Å². The highest BCUT2D eigenvalue weighted by molar-refractivity contribution is 7.08. The van der Waals surface area contributed by atoms with Gasteiger partial charge >= 0.3 is 0 Å². The molecule has 2 nitrogen and oxygen atoms in total. The Bertz CT molecular complexity index is 420. The zero-order chi connectivity index (χ0) is 12.1. The van der Waals surface area contributed by atoms with E-state index in [0.29, 0.717) is 6.04 Å². The Kier molecular flexibility index (Phi) is 8.42. The molecule has 0 unspecified atom stereocenters. The van der Waals surface area contributed by atoms with Gasteiger partial charge in [0.25, 0.3) is 0 Å². The van der Waals surface area contributed by atoms with E-state index in [1.165, 1.54) is 31.2 Å². The number of hydrogen-bond acceptors (Lipinski definition) is 2. The first kappa shape index (κ1) is 17.9. The maximum absolute atomic E-state index is 5.50. The second-order valence-electron chi connectivity index (χ2n) is 4.65. The molecular formula is C16H25NOS. The molecule has 1 heterocycles.